The minimum atomic E-state index is -0.919. The van der Waals surface area contributed by atoms with Crippen LogP contribution in [0.2, 0.25) is 0 Å². The SMILES string of the molecule is Cc1cn(-c2ccc(F)cc2)nc1CC(=O)O. The number of aliphatic carboxylic acids is 1. The zero-order valence-electron chi connectivity index (χ0n) is 9.22. The van der Waals surface area contributed by atoms with E-state index in [-0.39, 0.29) is 12.2 Å². The second kappa shape index (κ2) is 4.37. The van der Waals surface area contributed by atoms with Crippen LogP contribution in [0.25, 0.3) is 5.69 Å². The number of hydrogen-bond acceptors (Lipinski definition) is 2. The highest BCUT2D eigenvalue weighted by Crippen LogP contribution is 2.12. The molecule has 1 heterocycles. The van der Waals surface area contributed by atoms with Gasteiger partial charge in [-0.2, -0.15) is 5.10 Å². The van der Waals surface area contributed by atoms with Crippen molar-refractivity contribution in [1.29, 1.82) is 0 Å². The molecule has 0 unspecified atom stereocenters. The second-order valence-corrected chi connectivity index (χ2v) is 3.75. The molecule has 5 heteroatoms. The van der Waals surface area contributed by atoms with Gasteiger partial charge in [0.05, 0.1) is 17.8 Å². The van der Waals surface area contributed by atoms with Crippen LogP contribution in [0.15, 0.2) is 30.5 Å². The lowest BCUT2D eigenvalue weighted by atomic mass is 10.2. The zero-order valence-corrected chi connectivity index (χ0v) is 9.22. The lowest BCUT2D eigenvalue weighted by Crippen LogP contribution is -2.03. The van der Waals surface area contributed by atoms with E-state index < -0.39 is 5.97 Å². The molecule has 0 radical (unpaired) electrons. The minimum absolute atomic E-state index is 0.111. The van der Waals surface area contributed by atoms with Gasteiger partial charge in [-0.3, -0.25) is 4.79 Å². The third-order valence-electron chi connectivity index (χ3n) is 2.41. The molecule has 4 nitrogen and oxygen atoms in total. The summed E-state index contributed by atoms with van der Waals surface area (Å²) in [4.78, 5) is 10.6. The summed E-state index contributed by atoms with van der Waals surface area (Å²) in [5.41, 5.74) is 2.02. The van der Waals surface area contributed by atoms with Crippen LogP contribution in [0.5, 0.6) is 0 Å². The molecule has 1 aromatic heterocycles. The second-order valence-electron chi connectivity index (χ2n) is 3.75. The number of aryl methyl sites for hydroxylation is 1. The lowest BCUT2D eigenvalue weighted by Gasteiger charge is -1.99. The van der Waals surface area contributed by atoms with Crippen molar-refractivity contribution in [2.45, 2.75) is 13.3 Å². The fraction of sp³-hybridized carbons (Fsp3) is 0.167. The highest BCUT2D eigenvalue weighted by Gasteiger charge is 2.09. The van der Waals surface area contributed by atoms with Crippen molar-refractivity contribution in [2.24, 2.45) is 0 Å². The first-order chi connectivity index (χ1) is 8.06. The van der Waals surface area contributed by atoms with Gasteiger partial charge in [0, 0.05) is 6.20 Å². The van der Waals surface area contributed by atoms with Gasteiger partial charge in [-0.05, 0) is 36.8 Å². The number of carboxylic acid groups (broad SMARTS) is 1. The predicted octanol–water partition coefficient (Wildman–Crippen LogP) is 1.95. The van der Waals surface area contributed by atoms with Crippen LogP contribution in [0.3, 0.4) is 0 Å². The topological polar surface area (TPSA) is 55.1 Å². The molecule has 0 bridgehead atoms. The third kappa shape index (κ3) is 2.50. The standard InChI is InChI=1S/C12H11FN2O2/c1-8-7-15(14-11(8)6-12(16)17)10-4-2-9(13)3-5-10/h2-5,7H,6H2,1H3,(H,16,17). The monoisotopic (exact) mass is 234 g/mol. The molecule has 0 saturated heterocycles. The molecule has 0 aliphatic rings. The maximum absolute atomic E-state index is 12.8. The van der Waals surface area contributed by atoms with Crippen LogP contribution in [0, 0.1) is 12.7 Å². The van der Waals surface area contributed by atoms with Crippen molar-refractivity contribution in [3.05, 3.63) is 47.5 Å². The molecular formula is C12H11FN2O2. The van der Waals surface area contributed by atoms with E-state index in [2.05, 4.69) is 5.10 Å². The Morgan fingerprint density at radius 1 is 1.41 bits per heavy atom. The Kier molecular flexibility index (Phi) is 2.91. The molecular weight excluding hydrogens is 223 g/mol. The van der Waals surface area contributed by atoms with Crippen molar-refractivity contribution in [3.8, 4) is 5.69 Å². The molecule has 1 N–H and O–H groups in total. The smallest absolute Gasteiger partial charge is 0.309 e. The van der Waals surface area contributed by atoms with E-state index in [0.717, 1.165) is 5.56 Å². The van der Waals surface area contributed by atoms with Gasteiger partial charge in [0.25, 0.3) is 0 Å². The normalized spacial score (nSPS) is 10.5. The van der Waals surface area contributed by atoms with Gasteiger partial charge in [-0.25, -0.2) is 9.07 Å². The summed E-state index contributed by atoms with van der Waals surface area (Å²) in [6.45, 7) is 1.80. The van der Waals surface area contributed by atoms with Gasteiger partial charge < -0.3 is 5.11 Å². The largest absolute Gasteiger partial charge is 0.481 e. The quantitative estimate of drug-likeness (QED) is 0.883. The lowest BCUT2D eigenvalue weighted by molar-refractivity contribution is -0.136. The average Bonchev–Trinajstić information content (AvgIpc) is 2.60. The molecule has 0 spiro atoms. The number of aromatic nitrogens is 2. The van der Waals surface area contributed by atoms with Crippen molar-refractivity contribution < 1.29 is 14.3 Å². The third-order valence-corrected chi connectivity index (χ3v) is 2.41. The van der Waals surface area contributed by atoms with Gasteiger partial charge in [-0.1, -0.05) is 0 Å². The number of carboxylic acids is 1. The Morgan fingerprint density at radius 2 is 2.06 bits per heavy atom. The summed E-state index contributed by atoms with van der Waals surface area (Å²) < 4.78 is 14.3. The Bertz CT molecular complexity index is 546. The van der Waals surface area contributed by atoms with Crippen molar-refractivity contribution in [2.75, 3.05) is 0 Å². The summed E-state index contributed by atoms with van der Waals surface area (Å²) >= 11 is 0. The van der Waals surface area contributed by atoms with Gasteiger partial charge in [-0.15, -0.1) is 0 Å². The maximum atomic E-state index is 12.8. The van der Waals surface area contributed by atoms with Crippen LogP contribution in [-0.4, -0.2) is 20.9 Å². The molecule has 0 aliphatic heterocycles. The Balaban J connectivity index is 2.34. The van der Waals surface area contributed by atoms with Gasteiger partial charge in [0.15, 0.2) is 0 Å². The molecule has 0 fully saturated rings. The first kappa shape index (κ1) is 11.3. The minimum Gasteiger partial charge on any atom is -0.481 e. The molecule has 17 heavy (non-hydrogen) atoms. The molecule has 2 rings (SSSR count). The van der Waals surface area contributed by atoms with Crippen molar-refractivity contribution in [3.63, 3.8) is 0 Å². The maximum Gasteiger partial charge on any atom is 0.309 e. The summed E-state index contributed by atoms with van der Waals surface area (Å²) in [6.07, 6.45) is 1.62. The molecule has 0 saturated carbocycles. The number of halogens is 1. The highest BCUT2D eigenvalue weighted by atomic mass is 19.1. The van der Waals surface area contributed by atoms with Crippen LogP contribution < -0.4 is 0 Å². The molecule has 0 amide bonds. The van der Waals surface area contributed by atoms with Crippen LogP contribution in [-0.2, 0) is 11.2 Å². The number of benzene rings is 1. The van der Waals surface area contributed by atoms with Crippen LogP contribution >= 0.6 is 0 Å². The highest BCUT2D eigenvalue weighted by molar-refractivity contribution is 5.70. The molecule has 2 aromatic rings. The summed E-state index contributed by atoms with van der Waals surface area (Å²) in [5, 5.41) is 12.9. The molecule has 88 valence electrons. The molecule has 1 aromatic carbocycles. The number of hydrogen-bond donors (Lipinski definition) is 1. The van der Waals surface area contributed by atoms with Crippen LogP contribution in [0.4, 0.5) is 4.39 Å². The Morgan fingerprint density at radius 3 is 2.65 bits per heavy atom. The first-order valence-corrected chi connectivity index (χ1v) is 5.09. The van der Waals surface area contributed by atoms with E-state index in [0.29, 0.717) is 11.4 Å². The van der Waals surface area contributed by atoms with E-state index >= 15 is 0 Å². The van der Waals surface area contributed by atoms with Crippen molar-refractivity contribution in [1.82, 2.24) is 9.78 Å². The van der Waals surface area contributed by atoms with Crippen molar-refractivity contribution >= 4 is 5.97 Å². The van der Waals surface area contributed by atoms with Crippen LogP contribution in [0.1, 0.15) is 11.3 Å². The van der Waals surface area contributed by atoms with E-state index in [1.165, 1.54) is 12.1 Å². The predicted molar refractivity (Wildman–Crippen MR) is 59.6 cm³/mol. The van der Waals surface area contributed by atoms with Gasteiger partial charge >= 0.3 is 5.97 Å². The van der Waals surface area contributed by atoms with Gasteiger partial charge in [0.2, 0.25) is 0 Å². The fourth-order valence-corrected chi connectivity index (χ4v) is 1.54. The molecule has 0 atom stereocenters. The van der Waals surface area contributed by atoms with Gasteiger partial charge in [0.1, 0.15) is 5.82 Å². The zero-order chi connectivity index (χ0) is 12.4. The van der Waals surface area contributed by atoms with E-state index in [4.69, 9.17) is 5.11 Å². The summed E-state index contributed by atoms with van der Waals surface area (Å²) in [7, 11) is 0. The van der Waals surface area contributed by atoms with E-state index in [1.807, 2.05) is 0 Å². The summed E-state index contributed by atoms with van der Waals surface area (Å²) in [6, 6.07) is 5.85. The average molecular weight is 234 g/mol. The Labute approximate surface area is 97.3 Å². The fourth-order valence-electron chi connectivity index (χ4n) is 1.54. The van der Waals surface area contributed by atoms with E-state index in [9.17, 15) is 9.18 Å². The number of nitrogens with zero attached hydrogens (tertiary/aromatic N) is 2. The van der Waals surface area contributed by atoms with E-state index in [1.54, 1.807) is 29.9 Å². The molecule has 0 aliphatic carbocycles. The number of carbonyl (C=O) groups is 1. The Hall–Kier alpha value is -2.17. The number of rotatable bonds is 3. The summed E-state index contributed by atoms with van der Waals surface area (Å²) in [5.74, 6) is -1.24. The first-order valence-electron chi connectivity index (χ1n) is 5.09.